The molecule has 3 N–H and O–H groups in total. The number of benzene rings is 2. The lowest BCUT2D eigenvalue weighted by atomic mass is 10.1. The summed E-state index contributed by atoms with van der Waals surface area (Å²) in [4.78, 5) is 4.44. The molecule has 0 heterocycles. The molecule has 0 bridgehead atoms. The number of nitrogens with zero attached hydrogens (tertiary/aromatic N) is 1. The average molecular weight is 513 g/mol. The van der Waals surface area contributed by atoms with Crippen LogP contribution in [0, 0.1) is 6.92 Å². The van der Waals surface area contributed by atoms with Crippen molar-refractivity contribution in [1.29, 1.82) is 0 Å². The first-order chi connectivity index (χ1) is 13.5. The maximum atomic E-state index is 6.04. The number of hydrogen-bond acceptors (Lipinski definition) is 4. The summed E-state index contributed by atoms with van der Waals surface area (Å²) in [6, 6.07) is 13.7. The van der Waals surface area contributed by atoms with Crippen molar-refractivity contribution in [3.63, 3.8) is 0 Å². The number of ether oxygens (including phenoxy) is 3. The molecule has 0 radical (unpaired) electrons. The second-order valence-corrected chi connectivity index (χ2v) is 6.82. The zero-order valence-corrected chi connectivity index (χ0v) is 19.9. The van der Waals surface area contributed by atoms with Gasteiger partial charge in [0, 0.05) is 31.4 Å². The third-order valence-corrected chi connectivity index (χ3v) is 3.89. The van der Waals surface area contributed by atoms with Crippen molar-refractivity contribution in [2.45, 2.75) is 39.8 Å². The number of nitrogens with two attached hydrogens (primary N) is 1. The van der Waals surface area contributed by atoms with Gasteiger partial charge in [0.15, 0.2) is 5.96 Å². The molecule has 0 aliphatic carbocycles. The minimum absolute atomic E-state index is 0. The van der Waals surface area contributed by atoms with Crippen LogP contribution in [0.5, 0.6) is 11.5 Å². The molecular formula is C22H32IN3O3. The van der Waals surface area contributed by atoms with Crippen LogP contribution in [0.3, 0.4) is 0 Å². The van der Waals surface area contributed by atoms with E-state index in [4.69, 9.17) is 19.9 Å². The predicted octanol–water partition coefficient (Wildman–Crippen LogP) is 4.74. The van der Waals surface area contributed by atoms with Crippen molar-refractivity contribution in [2.24, 2.45) is 10.7 Å². The van der Waals surface area contributed by atoms with Crippen LogP contribution in [0.1, 0.15) is 31.4 Å². The SMILES string of the molecule is COCCCOc1cc(C)ccc1CN=C(N)Nc1ccc(OC(C)C)cc1.I. The van der Waals surface area contributed by atoms with E-state index in [1.54, 1.807) is 7.11 Å². The Morgan fingerprint density at radius 3 is 2.48 bits per heavy atom. The van der Waals surface area contributed by atoms with E-state index in [9.17, 15) is 0 Å². The fraction of sp³-hybridized carbons (Fsp3) is 0.409. The van der Waals surface area contributed by atoms with Gasteiger partial charge in [0.25, 0.3) is 0 Å². The Morgan fingerprint density at radius 2 is 1.83 bits per heavy atom. The zero-order chi connectivity index (χ0) is 20.4. The molecule has 0 aromatic heterocycles. The van der Waals surface area contributed by atoms with E-state index in [2.05, 4.69) is 10.3 Å². The summed E-state index contributed by atoms with van der Waals surface area (Å²) in [5, 5.41) is 3.10. The van der Waals surface area contributed by atoms with Crippen molar-refractivity contribution >= 4 is 35.6 Å². The van der Waals surface area contributed by atoms with Gasteiger partial charge in [0.2, 0.25) is 0 Å². The fourth-order valence-electron chi connectivity index (χ4n) is 2.56. The second kappa shape index (κ2) is 13.3. The Morgan fingerprint density at radius 1 is 1.10 bits per heavy atom. The van der Waals surface area contributed by atoms with Crippen molar-refractivity contribution in [1.82, 2.24) is 0 Å². The summed E-state index contributed by atoms with van der Waals surface area (Å²) in [6.45, 7) is 7.75. The van der Waals surface area contributed by atoms with Gasteiger partial charge >= 0.3 is 0 Å². The van der Waals surface area contributed by atoms with E-state index in [-0.39, 0.29) is 30.1 Å². The summed E-state index contributed by atoms with van der Waals surface area (Å²) in [5.41, 5.74) is 9.04. The number of aliphatic imine (C=N–C) groups is 1. The van der Waals surface area contributed by atoms with E-state index >= 15 is 0 Å². The Bertz CT molecular complexity index is 764. The molecule has 2 aromatic carbocycles. The fourth-order valence-corrected chi connectivity index (χ4v) is 2.56. The molecule has 0 spiro atoms. The molecular weight excluding hydrogens is 481 g/mol. The van der Waals surface area contributed by atoms with Crippen LogP contribution in [0.4, 0.5) is 5.69 Å². The number of aryl methyl sites for hydroxylation is 1. The second-order valence-electron chi connectivity index (χ2n) is 6.82. The molecule has 7 heteroatoms. The summed E-state index contributed by atoms with van der Waals surface area (Å²) in [7, 11) is 1.69. The van der Waals surface area contributed by atoms with E-state index < -0.39 is 0 Å². The highest BCUT2D eigenvalue weighted by atomic mass is 127. The number of anilines is 1. The van der Waals surface area contributed by atoms with Crippen molar-refractivity contribution in [3.05, 3.63) is 53.6 Å². The van der Waals surface area contributed by atoms with Gasteiger partial charge in [-0.2, -0.15) is 0 Å². The smallest absolute Gasteiger partial charge is 0.193 e. The molecule has 0 unspecified atom stereocenters. The molecule has 0 atom stereocenters. The number of rotatable bonds is 10. The van der Waals surface area contributed by atoms with E-state index in [0.29, 0.717) is 25.7 Å². The first kappa shape index (κ1) is 25.0. The van der Waals surface area contributed by atoms with Gasteiger partial charge in [-0.25, -0.2) is 4.99 Å². The van der Waals surface area contributed by atoms with Crippen molar-refractivity contribution < 1.29 is 14.2 Å². The molecule has 6 nitrogen and oxygen atoms in total. The predicted molar refractivity (Wildman–Crippen MR) is 130 cm³/mol. The van der Waals surface area contributed by atoms with Gasteiger partial charge in [-0.05, 0) is 56.7 Å². The van der Waals surface area contributed by atoms with Gasteiger partial charge in [0.1, 0.15) is 11.5 Å². The van der Waals surface area contributed by atoms with Gasteiger partial charge in [-0.15, -0.1) is 24.0 Å². The van der Waals surface area contributed by atoms with Crippen molar-refractivity contribution in [2.75, 3.05) is 25.6 Å². The molecule has 160 valence electrons. The summed E-state index contributed by atoms with van der Waals surface area (Å²) in [6.07, 6.45) is 0.985. The molecule has 0 aliphatic heterocycles. The normalized spacial score (nSPS) is 11.1. The number of halogens is 1. The zero-order valence-electron chi connectivity index (χ0n) is 17.6. The molecule has 0 saturated heterocycles. The average Bonchev–Trinajstić information content (AvgIpc) is 2.66. The number of nitrogens with one attached hydrogen (secondary N) is 1. The van der Waals surface area contributed by atoms with Crippen LogP contribution in [0.2, 0.25) is 0 Å². The van der Waals surface area contributed by atoms with Crippen LogP contribution in [-0.2, 0) is 11.3 Å². The highest BCUT2D eigenvalue weighted by Gasteiger charge is 2.05. The maximum Gasteiger partial charge on any atom is 0.193 e. The summed E-state index contributed by atoms with van der Waals surface area (Å²) >= 11 is 0. The molecule has 2 aromatic rings. The standard InChI is InChI=1S/C22H31N3O3.HI/c1-16(2)28-20-10-8-19(9-11-20)25-22(23)24-15-18-7-6-17(3)14-21(18)27-13-5-12-26-4;/h6-11,14,16H,5,12-13,15H2,1-4H3,(H3,23,24,25);1H. The van der Waals surface area contributed by atoms with Gasteiger partial charge in [-0.3, -0.25) is 0 Å². The molecule has 0 saturated carbocycles. The number of guanidine groups is 1. The highest BCUT2D eigenvalue weighted by Crippen LogP contribution is 2.22. The lowest BCUT2D eigenvalue weighted by Gasteiger charge is -2.12. The Hall–Kier alpha value is -2.00. The van der Waals surface area contributed by atoms with Gasteiger partial charge in [0.05, 0.1) is 19.3 Å². The third kappa shape index (κ3) is 9.36. The van der Waals surface area contributed by atoms with Crippen LogP contribution >= 0.6 is 24.0 Å². The van der Waals surface area contributed by atoms with Crippen LogP contribution < -0.4 is 20.5 Å². The van der Waals surface area contributed by atoms with Gasteiger partial charge in [-0.1, -0.05) is 12.1 Å². The van der Waals surface area contributed by atoms with E-state index in [0.717, 1.165) is 34.7 Å². The van der Waals surface area contributed by atoms with E-state index in [1.165, 1.54) is 0 Å². The topological polar surface area (TPSA) is 78.1 Å². The lowest BCUT2D eigenvalue weighted by Crippen LogP contribution is -2.22. The van der Waals surface area contributed by atoms with Gasteiger partial charge < -0.3 is 25.3 Å². The minimum atomic E-state index is 0. The number of methoxy groups -OCH3 is 1. The Balaban J connectivity index is 0.00000420. The van der Waals surface area contributed by atoms with Crippen LogP contribution in [0.25, 0.3) is 0 Å². The number of hydrogen-bond donors (Lipinski definition) is 2. The molecule has 29 heavy (non-hydrogen) atoms. The Kier molecular flexibility index (Phi) is 11.5. The maximum absolute atomic E-state index is 6.04. The van der Waals surface area contributed by atoms with E-state index in [1.807, 2.05) is 63.2 Å². The third-order valence-electron chi connectivity index (χ3n) is 3.89. The molecule has 2 rings (SSSR count). The molecule has 0 fully saturated rings. The summed E-state index contributed by atoms with van der Waals surface area (Å²) in [5.74, 6) is 2.01. The molecule has 0 amide bonds. The minimum Gasteiger partial charge on any atom is -0.493 e. The highest BCUT2D eigenvalue weighted by molar-refractivity contribution is 14.0. The lowest BCUT2D eigenvalue weighted by molar-refractivity contribution is 0.172. The molecule has 0 aliphatic rings. The monoisotopic (exact) mass is 513 g/mol. The van der Waals surface area contributed by atoms with Crippen molar-refractivity contribution in [3.8, 4) is 11.5 Å². The largest absolute Gasteiger partial charge is 0.493 e. The quantitative estimate of drug-likeness (QED) is 0.208. The van der Waals surface area contributed by atoms with Crippen LogP contribution in [-0.4, -0.2) is 32.4 Å². The Labute approximate surface area is 190 Å². The van der Waals surface area contributed by atoms with Crippen LogP contribution in [0.15, 0.2) is 47.5 Å². The summed E-state index contributed by atoms with van der Waals surface area (Å²) < 4.78 is 16.6. The first-order valence-corrected chi connectivity index (χ1v) is 9.53. The first-order valence-electron chi connectivity index (χ1n) is 9.53.